The highest BCUT2D eigenvalue weighted by atomic mass is 16.1. The van der Waals surface area contributed by atoms with Crippen molar-refractivity contribution in [1.82, 2.24) is 0 Å². The lowest BCUT2D eigenvalue weighted by Gasteiger charge is -2.11. The van der Waals surface area contributed by atoms with E-state index in [1.165, 1.54) is 5.56 Å². The van der Waals surface area contributed by atoms with Gasteiger partial charge >= 0.3 is 0 Å². The van der Waals surface area contributed by atoms with Gasteiger partial charge in [0.25, 0.3) is 0 Å². The second kappa shape index (κ2) is 5.18. The molecular formula is C13H14O. The van der Waals surface area contributed by atoms with Crippen LogP contribution in [0.15, 0.2) is 55.1 Å². The first-order valence-electron chi connectivity index (χ1n) is 4.58. The molecule has 0 fully saturated rings. The summed E-state index contributed by atoms with van der Waals surface area (Å²) < 4.78 is 0. The fraction of sp³-hybridized carbons (Fsp3) is 0.154. The van der Waals surface area contributed by atoms with E-state index in [1.807, 2.05) is 36.4 Å². The van der Waals surface area contributed by atoms with Crippen LogP contribution in [0.25, 0.3) is 0 Å². The number of allylic oxidation sites excluding steroid dienone is 2. The number of hydrogen-bond acceptors (Lipinski definition) is 1. The van der Waals surface area contributed by atoms with E-state index in [0.29, 0.717) is 12.0 Å². The predicted octanol–water partition coefficient (Wildman–Crippen LogP) is 3.10. The molecule has 0 radical (unpaired) electrons. The maximum atomic E-state index is 10.5. The smallest absolute Gasteiger partial charge is 0.145 e. The van der Waals surface area contributed by atoms with Crippen LogP contribution in [0.1, 0.15) is 17.9 Å². The Kier molecular flexibility index (Phi) is 3.86. The van der Waals surface area contributed by atoms with Gasteiger partial charge in [-0.3, -0.25) is 4.79 Å². The molecule has 0 aliphatic carbocycles. The number of benzene rings is 1. The first-order valence-corrected chi connectivity index (χ1v) is 4.58. The molecule has 0 saturated heterocycles. The molecule has 0 aliphatic heterocycles. The number of aldehydes is 1. The van der Waals surface area contributed by atoms with Crippen molar-refractivity contribution in [2.45, 2.75) is 12.3 Å². The Morgan fingerprint density at radius 1 is 1.36 bits per heavy atom. The summed E-state index contributed by atoms with van der Waals surface area (Å²) >= 11 is 0. The maximum Gasteiger partial charge on any atom is 0.145 e. The highest BCUT2D eigenvalue weighted by molar-refractivity contribution is 5.72. The number of hydrogen-bond donors (Lipinski definition) is 0. The van der Waals surface area contributed by atoms with Crippen LogP contribution < -0.4 is 0 Å². The maximum absolute atomic E-state index is 10.5. The summed E-state index contributed by atoms with van der Waals surface area (Å²) in [6.07, 6.45) is 3.31. The van der Waals surface area contributed by atoms with Crippen LogP contribution in [0.2, 0.25) is 0 Å². The summed E-state index contributed by atoms with van der Waals surface area (Å²) in [6.45, 7) is 7.44. The van der Waals surface area contributed by atoms with Crippen LogP contribution in [-0.4, -0.2) is 6.29 Å². The van der Waals surface area contributed by atoms with Gasteiger partial charge in [0.2, 0.25) is 0 Å². The highest BCUT2D eigenvalue weighted by Gasteiger charge is 2.07. The normalized spacial score (nSPS) is 11.7. The second-order valence-electron chi connectivity index (χ2n) is 3.23. The minimum Gasteiger partial charge on any atom is -0.298 e. The molecule has 1 atom stereocenters. The minimum absolute atomic E-state index is 0.189. The molecule has 1 unspecified atom stereocenters. The predicted molar refractivity (Wildman–Crippen MR) is 59.2 cm³/mol. The third-order valence-electron chi connectivity index (χ3n) is 2.16. The molecule has 1 rings (SSSR count). The molecule has 1 aromatic carbocycles. The standard InChI is InChI=1S/C13H14O/c1-3-12(9-11(2)10-14)13-7-5-4-6-8-13/h3-8,10,12H,1-2,9H2. The SMILES string of the molecule is C=CC(CC(=C)C=O)c1ccccc1. The Hall–Kier alpha value is -1.63. The van der Waals surface area contributed by atoms with Crippen molar-refractivity contribution in [2.24, 2.45) is 0 Å². The summed E-state index contributed by atoms with van der Waals surface area (Å²) in [7, 11) is 0. The lowest BCUT2D eigenvalue weighted by Crippen LogP contribution is -1.97. The number of carbonyl (C=O) groups excluding carboxylic acids is 1. The van der Waals surface area contributed by atoms with Gasteiger partial charge in [0, 0.05) is 5.92 Å². The average molecular weight is 186 g/mol. The Bertz CT molecular complexity index is 324. The van der Waals surface area contributed by atoms with E-state index in [4.69, 9.17) is 0 Å². The Labute approximate surface area is 84.8 Å². The summed E-state index contributed by atoms with van der Waals surface area (Å²) in [5.74, 6) is 0.189. The lowest BCUT2D eigenvalue weighted by atomic mass is 9.93. The molecule has 0 heterocycles. The molecule has 0 bridgehead atoms. The molecular weight excluding hydrogens is 172 g/mol. The summed E-state index contributed by atoms with van der Waals surface area (Å²) in [6, 6.07) is 10.00. The average Bonchev–Trinajstić information content (AvgIpc) is 2.26. The summed E-state index contributed by atoms with van der Waals surface area (Å²) in [5.41, 5.74) is 1.78. The molecule has 14 heavy (non-hydrogen) atoms. The van der Waals surface area contributed by atoms with Gasteiger partial charge in [0.1, 0.15) is 6.29 Å². The zero-order chi connectivity index (χ0) is 10.4. The zero-order valence-corrected chi connectivity index (χ0v) is 8.15. The van der Waals surface area contributed by atoms with E-state index in [9.17, 15) is 4.79 Å². The van der Waals surface area contributed by atoms with Gasteiger partial charge in [-0.15, -0.1) is 6.58 Å². The van der Waals surface area contributed by atoms with Crippen LogP contribution in [0, 0.1) is 0 Å². The van der Waals surface area contributed by atoms with Gasteiger partial charge in [0.05, 0.1) is 0 Å². The van der Waals surface area contributed by atoms with E-state index >= 15 is 0 Å². The third kappa shape index (κ3) is 2.70. The van der Waals surface area contributed by atoms with Crippen molar-refractivity contribution >= 4 is 6.29 Å². The fourth-order valence-corrected chi connectivity index (χ4v) is 1.37. The summed E-state index contributed by atoms with van der Waals surface area (Å²) in [4.78, 5) is 10.5. The van der Waals surface area contributed by atoms with E-state index in [2.05, 4.69) is 13.2 Å². The topological polar surface area (TPSA) is 17.1 Å². The van der Waals surface area contributed by atoms with Gasteiger partial charge in [-0.25, -0.2) is 0 Å². The van der Waals surface area contributed by atoms with Crippen molar-refractivity contribution in [3.8, 4) is 0 Å². The van der Waals surface area contributed by atoms with Gasteiger partial charge in [-0.1, -0.05) is 43.0 Å². The van der Waals surface area contributed by atoms with Crippen molar-refractivity contribution in [1.29, 1.82) is 0 Å². The van der Waals surface area contributed by atoms with Crippen LogP contribution >= 0.6 is 0 Å². The van der Waals surface area contributed by atoms with Gasteiger partial charge in [-0.05, 0) is 17.6 Å². The molecule has 1 heteroatoms. The van der Waals surface area contributed by atoms with Crippen LogP contribution in [0.4, 0.5) is 0 Å². The number of rotatable bonds is 5. The molecule has 1 aromatic rings. The van der Waals surface area contributed by atoms with Crippen molar-refractivity contribution in [3.05, 3.63) is 60.7 Å². The van der Waals surface area contributed by atoms with E-state index in [-0.39, 0.29) is 5.92 Å². The lowest BCUT2D eigenvalue weighted by molar-refractivity contribution is -0.105. The second-order valence-corrected chi connectivity index (χ2v) is 3.23. The fourth-order valence-electron chi connectivity index (χ4n) is 1.37. The number of carbonyl (C=O) groups is 1. The van der Waals surface area contributed by atoms with Gasteiger partial charge in [0.15, 0.2) is 0 Å². The monoisotopic (exact) mass is 186 g/mol. The highest BCUT2D eigenvalue weighted by Crippen LogP contribution is 2.22. The molecule has 0 amide bonds. The molecule has 0 spiro atoms. The van der Waals surface area contributed by atoms with E-state index < -0.39 is 0 Å². The molecule has 0 saturated carbocycles. The first-order chi connectivity index (χ1) is 6.77. The van der Waals surface area contributed by atoms with Crippen LogP contribution in [-0.2, 0) is 4.79 Å². The van der Waals surface area contributed by atoms with Gasteiger partial charge < -0.3 is 0 Å². The quantitative estimate of drug-likeness (QED) is 0.392. The third-order valence-corrected chi connectivity index (χ3v) is 2.16. The minimum atomic E-state index is 0.189. The molecule has 0 aromatic heterocycles. The molecule has 0 aliphatic rings. The Balaban J connectivity index is 2.77. The van der Waals surface area contributed by atoms with Gasteiger partial charge in [-0.2, -0.15) is 0 Å². The van der Waals surface area contributed by atoms with Crippen LogP contribution in [0.5, 0.6) is 0 Å². The van der Waals surface area contributed by atoms with Crippen molar-refractivity contribution in [2.75, 3.05) is 0 Å². The molecule has 1 nitrogen and oxygen atoms in total. The first kappa shape index (κ1) is 10.5. The van der Waals surface area contributed by atoms with Crippen LogP contribution in [0.3, 0.4) is 0 Å². The van der Waals surface area contributed by atoms with E-state index in [1.54, 1.807) is 0 Å². The summed E-state index contributed by atoms with van der Waals surface area (Å²) in [5, 5.41) is 0. The Morgan fingerprint density at radius 3 is 2.50 bits per heavy atom. The van der Waals surface area contributed by atoms with Crippen molar-refractivity contribution in [3.63, 3.8) is 0 Å². The zero-order valence-electron chi connectivity index (χ0n) is 8.15. The van der Waals surface area contributed by atoms with E-state index in [0.717, 1.165) is 6.29 Å². The largest absolute Gasteiger partial charge is 0.298 e. The molecule has 72 valence electrons. The molecule has 0 N–H and O–H groups in total. The Morgan fingerprint density at radius 2 is 2.00 bits per heavy atom. The van der Waals surface area contributed by atoms with Crippen molar-refractivity contribution < 1.29 is 4.79 Å².